The molecule has 0 saturated carbocycles. The zero-order valence-corrected chi connectivity index (χ0v) is 15.7. The lowest BCUT2D eigenvalue weighted by molar-refractivity contribution is -0.137. The Kier molecular flexibility index (Phi) is 5.86. The summed E-state index contributed by atoms with van der Waals surface area (Å²) in [6.45, 7) is 4.79. The minimum atomic E-state index is -4.33. The Morgan fingerprint density at radius 2 is 1.67 bits per heavy atom. The van der Waals surface area contributed by atoms with Gasteiger partial charge in [0.15, 0.2) is 0 Å². The smallest absolute Gasteiger partial charge is 0.416 e. The van der Waals surface area contributed by atoms with E-state index < -0.39 is 11.7 Å². The Morgan fingerprint density at radius 3 is 2.30 bits per heavy atom. The van der Waals surface area contributed by atoms with Gasteiger partial charge in [0.1, 0.15) is 23.7 Å². The van der Waals surface area contributed by atoms with Crippen LogP contribution in [0.15, 0.2) is 48.5 Å². The molecule has 1 unspecified atom stereocenters. The van der Waals surface area contributed by atoms with Gasteiger partial charge in [-0.3, -0.25) is 4.90 Å². The summed E-state index contributed by atoms with van der Waals surface area (Å²) < 4.78 is 49.4. The predicted octanol–water partition coefficient (Wildman–Crippen LogP) is 5.28. The van der Waals surface area contributed by atoms with Crippen LogP contribution in [-0.2, 0) is 6.18 Å². The molecule has 27 heavy (non-hydrogen) atoms. The van der Waals surface area contributed by atoms with Gasteiger partial charge in [0.2, 0.25) is 0 Å². The average molecular weight is 400 g/mol. The molecule has 7 heteroatoms. The van der Waals surface area contributed by atoms with E-state index in [4.69, 9.17) is 21.1 Å². The van der Waals surface area contributed by atoms with Crippen LogP contribution in [0.25, 0.3) is 0 Å². The fraction of sp³-hybridized carbons (Fsp3) is 0.400. The van der Waals surface area contributed by atoms with Crippen LogP contribution in [0.1, 0.15) is 18.9 Å². The second kappa shape index (κ2) is 7.98. The lowest BCUT2D eigenvalue weighted by Crippen LogP contribution is -2.37. The van der Waals surface area contributed by atoms with Crippen LogP contribution in [0.5, 0.6) is 11.5 Å². The van der Waals surface area contributed by atoms with Crippen molar-refractivity contribution < 1.29 is 22.6 Å². The van der Waals surface area contributed by atoms with E-state index >= 15 is 0 Å². The van der Waals surface area contributed by atoms with Crippen molar-refractivity contribution in [3.63, 3.8) is 0 Å². The lowest BCUT2D eigenvalue weighted by atomic mass is 10.1. The van der Waals surface area contributed by atoms with Crippen LogP contribution in [0.4, 0.5) is 13.2 Å². The van der Waals surface area contributed by atoms with Crippen molar-refractivity contribution in [2.75, 3.05) is 26.2 Å². The number of alkyl halides is 3. The second-order valence-corrected chi connectivity index (χ2v) is 7.34. The summed E-state index contributed by atoms with van der Waals surface area (Å²) in [5.74, 6) is 1.21. The van der Waals surface area contributed by atoms with Crippen molar-refractivity contribution in [1.82, 2.24) is 4.90 Å². The van der Waals surface area contributed by atoms with Crippen LogP contribution in [-0.4, -0.2) is 36.7 Å². The molecule has 0 bridgehead atoms. The Morgan fingerprint density at radius 1 is 1.04 bits per heavy atom. The summed E-state index contributed by atoms with van der Waals surface area (Å²) >= 11 is 5.89. The maximum absolute atomic E-state index is 12.6. The molecule has 3 rings (SSSR count). The highest BCUT2D eigenvalue weighted by atomic mass is 35.5. The minimum Gasteiger partial charge on any atom is -0.492 e. The molecular formula is C20H21ClF3NO2. The Hall–Kier alpha value is -1.92. The molecule has 0 amide bonds. The van der Waals surface area contributed by atoms with Crippen LogP contribution in [0, 0.1) is 0 Å². The lowest BCUT2D eigenvalue weighted by Gasteiger charge is -2.26. The number of hydrogen-bond acceptors (Lipinski definition) is 3. The molecule has 1 fully saturated rings. The van der Waals surface area contributed by atoms with Gasteiger partial charge >= 0.3 is 6.18 Å². The number of likely N-dealkylation sites (tertiary alicyclic amines) is 1. The SMILES string of the molecule is CC1(Oc2ccc(Cl)cc2)CCN(CCOc2ccc(C(F)(F)F)cc2)C1. The summed E-state index contributed by atoms with van der Waals surface area (Å²) in [5, 5.41) is 0.668. The fourth-order valence-corrected chi connectivity index (χ4v) is 3.25. The molecule has 1 aliphatic heterocycles. The van der Waals surface area contributed by atoms with E-state index in [1.165, 1.54) is 12.1 Å². The predicted molar refractivity (Wildman–Crippen MR) is 98.5 cm³/mol. The third-order valence-corrected chi connectivity index (χ3v) is 4.80. The van der Waals surface area contributed by atoms with E-state index in [-0.39, 0.29) is 5.60 Å². The normalized spacial score (nSPS) is 20.6. The average Bonchev–Trinajstić information content (AvgIpc) is 2.98. The van der Waals surface area contributed by atoms with Crippen LogP contribution in [0.2, 0.25) is 5.02 Å². The highest BCUT2D eigenvalue weighted by Gasteiger charge is 2.35. The van der Waals surface area contributed by atoms with Gasteiger partial charge in [0.05, 0.1) is 5.56 Å². The Balaban J connectivity index is 1.45. The molecule has 1 saturated heterocycles. The standard InChI is InChI=1S/C20H21ClF3NO2/c1-19(27-18-8-4-16(21)5-9-18)10-11-25(14-19)12-13-26-17-6-2-15(3-7-17)20(22,23)24/h2-9H,10-14H2,1H3. The minimum absolute atomic E-state index is 0.289. The van der Waals surface area contributed by atoms with E-state index in [9.17, 15) is 13.2 Å². The van der Waals surface area contributed by atoms with Gasteiger partial charge in [-0.15, -0.1) is 0 Å². The molecule has 0 aromatic heterocycles. The first-order valence-electron chi connectivity index (χ1n) is 8.71. The van der Waals surface area contributed by atoms with E-state index in [1.807, 2.05) is 12.1 Å². The number of hydrogen-bond donors (Lipinski definition) is 0. The first kappa shape index (κ1) is 19.8. The van der Waals surface area contributed by atoms with Gasteiger partial charge in [-0.1, -0.05) is 11.6 Å². The maximum atomic E-state index is 12.6. The summed E-state index contributed by atoms with van der Waals surface area (Å²) in [5.41, 5.74) is -0.966. The number of ether oxygens (including phenoxy) is 2. The quantitative estimate of drug-likeness (QED) is 0.659. The number of rotatable bonds is 6. The molecular weight excluding hydrogens is 379 g/mol. The van der Waals surface area contributed by atoms with Gasteiger partial charge in [0.25, 0.3) is 0 Å². The van der Waals surface area contributed by atoms with E-state index in [0.717, 1.165) is 37.4 Å². The molecule has 0 spiro atoms. The first-order chi connectivity index (χ1) is 12.7. The molecule has 1 atom stereocenters. The molecule has 0 radical (unpaired) electrons. The van der Waals surface area contributed by atoms with E-state index in [2.05, 4.69) is 11.8 Å². The molecule has 2 aromatic rings. The maximum Gasteiger partial charge on any atom is 0.416 e. The Bertz CT molecular complexity index is 749. The molecule has 0 aliphatic carbocycles. The van der Waals surface area contributed by atoms with Crippen LogP contribution >= 0.6 is 11.6 Å². The second-order valence-electron chi connectivity index (χ2n) is 6.90. The summed E-state index contributed by atoms with van der Waals surface area (Å²) in [6, 6.07) is 12.1. The van der Waals surface area contributed by atoms with Crippen molar-refractivity contribution in [2.45, 2.75) is 25.1 Å². The molecule has 146 valence electrons. The highest BCUT2D eigenvalue weighted by Crippen LogP contribution is 2.31. The fourth-order valence-electron chi connectivity index (χ4n) is 3.12. The number of benzene rings is 2. The summed E-state index contributed by atoms with van der Waals surface area (Å²) in [7, 11) is 0. The zero-order chi connectivity index (χ0) is 19.5. The van der Waals surface area contributed by atoms with E-state index in [0.29, 0.717) is 23.9 Å². The van der Waals surface area contributed by atoms with Crippen molar-refractivity contribution in [2.24, 2.45) is 0 Å². The van der Waals surface area contributed by atoms with E-state index in [1.54, 1.807) is 12.1 Å². The van der Waals surface area contributed by atoms with Crippen LogP contribution < -0.4 is 9.47 Å². The highest BCUT2D eigenvalue weighted by molar-refractivity contribution is 6.30. The molecule has 3 nitrogen and oxygen atoms in total. The van der Waals surface area contributed by atoms with Gasteiger partial charge in [-0.05, 0) is 55.5 Å². The molecule has 1 aliphatic rings. The number of halogens is 4. The van der Waals surface area contributed by atoms with Gasteiger partial charge in [-0.25, -0.2) is 0 Å². The monoisotopic (exact) mass is 399 g/mol. The molecule has 1 heterocycles. The van der Waals surface area contributed by atoms with Gasteiger partial charge < -0.3 is 9.47 Å². The third-order valence-electron chi connectivity index (χ3n) is 4.55. The third kappa shape index (κ3) is 5.53. The molecule has 2 aromatic carbocycles. The Labute approximate surface area is 161 Å². The largest absolute Gasteiger partial charge is 0.492 e. The van der Waals surface area contributed by atoms with Gasteiger partial charge in [0, 0.05) is 31.1 Å². The first-order valence-corrected chi connectivity index (χ1v) is 9.08. The topological polar surface area (TPSA) is 21.7 Å². The van der Waals surface area contributed by atoms with Crippen molar-refractivity contribution >= 4 is 11.6 Å². The molecule has 0 N–H and O–H groups in total. The van der Waals surface area contributed by atoms with Crippen LogP contribution in [0.3, 0.4) is 0 Å². The summed E-state index contributed by atoms with van der Waals surface area (Å²) in [4.78, 5) is 2.22. The zero-order valence-electron chi connectivity index (χ0n) is 14.9. The van der Waals surface area contributed by atoms with Crippen molar-refractivity contribution in [1.29, 1.82) is 0 Å². The van der Waals surface area contributed by atoms with Crippen molar-refractivity contribution in [3.8, 4) is 11.5 Å². The number of nitrogens with zero attached hydrogens (tertiary/aromatic N) is 1. The van der Waals surface area contributed by atoms with Gasteiger partial charge in [-0.2, -0.15) is 13.2 Å². The summed E-state index contributed by atoms with van der Waals surface area (Å²) in [6.07, 6.45) is -3.45. The van der Waals surface area contributed by atoms with Crippen molar-refractivity contribution in [3.05, 3.63) is 59.1 Å².